The van der Waals surface area contributed by atoms with Crippen molar-refractivity contribution in [3.05, 3.63) is 28.5 Å². The van der Waals surface area contributed by atoms with Crippen LogP contribution in [0.15, 0.2) is 22.9 Å². The summed E-state index contributed by atoms with van der Waals surface area (Å²) >= 11 is 3.37. The first-order valence-corrected chi connectivity index (χ1v) is 8.95. The number of carbonyl (C=O) groups excluding carboxylic acids is 1. The molecule has 1 atom stereocenters. The summed E-state index contributed by atoms with van der Waals surface area (Å²) in [5, 5.41) is 3.70. The zero-order valence-electron chi connectivity index (χ0n) is 13.4. The van der Waals surface area contributed by atoms with Crippen LogP contribution in [0, 0.1) is 0 Å². The number of hydrogen-bond donors (Lipinski definition) is 1. The topological polar surface area (TPSA) is 60.5 Å². The minimum atomic E-state index is -0.515. The van der Waals surface area contributed by atoms with Crippen LogP contribution < -0.4 is 5.32 Å². The van der Waals surface area contributed by atoms with Gasteiger partial charge in [0.1, 0.15) is 16.8 Å². The number of esters is 1. The lowest BCUT2D eigenvalue weighted by Crippen LogP contribution is -2.41. The number of halogens is 1. The minimum Gasteiger partial charge on any atom is -0.467 e. The highest BCUT2D eigenvalue weighted by molar-refractivity contribution is 9.10. The van der Waals surface area contributed by atoms with Gasteiger partial charge < -0.3 is 14.8 Å². The molecule has 2 fully saturated rings. The highest BCUT2D eigenvalue weighted by Crippen LogP contribution is 2.45. The molecule has 0 amide bonds. The van der Waals surface area contributed by atoms with E-state index in [4.69, 9.17) is 9.47 Å². The van der Waals surface area contributed by atoms with Crippen LogP contribution in [0.2, 0.25) is 0 Å². The van der Waals surface area contributed by atoms with E-state index < -0.39 is 5.60 Å². The number of nitrogens with one attached hydrogen (secondary N) is 1. The van der Waals surface area contributed by atoms with Gasteiger partial charge in [-0.25, -0.2) is 9.78 Å². The normalized spacial score (nSPS) is 26.3. The number of hydrogen-bond acceptors (Lipinski definition) is 5. The summed E-state index contributed by atoms with van der Waals surface area (Å²) in [6.07, 6.45) is 8.85. The Bertz CT molecular complexity index is 557. The number of ether oxygens (including phenoxy) is 2. The second-order valence-electron chi connectivity index (χ2n) is 6.60. The fourth-order valence-corrected chi connectivity index (χ4v) is 4.11. The molecule has 126 valence electrons. The molecule has 0 bridgehead atoms. The molecular weight excluding hydrogens is 360 g/mol. The summed E-state index contributed by atoms with van der Waals surface area (Å²) in [4.78, 5) is 15.9. The van der Waals surface area contributed by atoms with E-state index in [1.165, 1.54) is 39.2 Å². The van der Waals surface area contributed by atoms with Crippen LogP contribution in [0.5, 0.6) is 0 Å². The summed E-state index contributed by atoms with van der Waals surface area (Å²) < 4.78 is 11.6. The van der Waals surface area contributed by atoms with Crippen molar-refractivity contribution in [2.75, 3.05) is 20.3 Å². The van der Waals surface area contributed by atoms with Crippen molar-refractivity contribution >= 4 is 21.9 Å². The van der Waals surface area contributed by atoms with Crippen LogP contribution in [0.1, 0.15) is 44.1 Å². The first-order valence-electron chi connectivity index (χ1n) is 8.15. The highest BCUT2D eigenvalue weighted by Gasteiger charge is 2.50. The molecule has 1 aromatic rings. The molecule has 2 heterocycles. The first kappa shape index (κ1) is 16.9. The molecular formula is C17H23BrN2O3. The van der Waals surface area contributed by atoms with Crippen molar-refractivity contribution in [3.63, 3.8) is 0 Å². The van der Waals surface area contributed by atoms with Crippen molar-refractivity contribution in [3.8, 4) is 0 Å². The molecule has 1 aliphatic heterocycles. The van der Waals surface area contributed by atoms with Crippen LogP contribution in [0.4, 0.5) is 0 Å². The van der Waals surface area contributed by atoms with Gasteiger partial charge in [-0.1, -0.05) is 25.3 Å². The monoisotopic (exact) mass is 382 g/mol. The Kier molecular flexibility index (Phi) is 5.04. The van der Waals surface area contributed by atoms with Crippen LogP contribution in [0.3, 0.4) is 0 Å². The standard InChI is InChI=1S/C17H23BrN2O3/c1-22-15(21)10-23-17(13-5-6-14(18)19-9-13)11-16(20-12-17)7-3-2-4-8-16/h5-6,9,20H,2-4,7-8,10-12H2,1H3. The summed E-state index contributed by atoms with van der Waals surface area (Å²) in [6.45, 7) is 0.664. The average molecular weight is 383 g/mol. The summed E-state index contributed by atoms with van der Waals surface area (Å²) in [6, 6.07) is 3.95. The van der Waals surface area contributed by atoms with Crippen LogP contribution in [-0.4, -0.2) is 36.8 Å². The van der Waals surface area contributed by atoms with Crippen molar-refractivity contribution in [2.24, 2.45) is 0 Å². The zero-order valence-corrected chi connectivity index (χ0v) is 15.0. The lowest BCUT2D eigenvalue weighted by atomic mass is 9.76. The summed E-state index contributed by atoms with van der Waals surface area (Å²) in [7, 11) is 1.38. The summed E-state index contributed by atoms with van der Waals surface area (Å²) in [5.74, 6) is -0.348. The second kappa shape index (κ2) is 6.87. The van der Waals surface area contributed by atoms with Crippen LogP contribution >= 0.6 is 15.9 Å². The van der Waals surface area contributed by atoms with Gasteiger partial charge in [0.25, 0.3) is 0 Å². The number of methoxy groups -OCH3 is 1. The SMILES string of the molecule is COC(=O)COC1(c2ccc(Br)nc2)CNC2(CCCCC2)C1. The number of aromatic nitrogens is 1. The van der Waals surface area contributed by atoms with E-state index in [1.807, 2.05) is 18.3 Å². The molecule has 1 saturated carbocycles. The molecule has 1 unspecified atom stereocenters. The van der Waals surface area contributed by atoms with Gasteiger partial charge in [0.05, 0.1) is 7.11 Å². The molecule has 0 aromatic carbocycles. The van der Waals surface area contributed by atoms with Crippen molar-refractivity contribution in [2.45, 2.75) is 49.7 Å². The fraction of sp³-hybridized carbons (Fsp3) is 0.647. The van der Waals surface area contributed by atoms with E-state index in [-0.39, 0.29) is 18.1 Å². The fourth-order valence-electron chi connectivity index (χ4n) is 3.87. The Balaban J connectivity index is 1.85. The van der Waals surface area contributed by atoms with E-state index in [0.717, 1.165) is 16.6 Å². The minimum absolute atomic E-state index is 0.0374. The Hall–Kier alpha value is -0.980. The average Bonchev–Trinajstić information content (AvgIpc) is 2.93. The van der Waals surface area contributed by atoms with Crippen molar-refractivity contribution in [1.29, 1.82) is 0 Å². The second-order valence-corrected chi connectivity index (χ2v) is 7.41. The molecule has 5 nitrogen and oxygen atoms in total. The summed E-state index contributed by atoms with van der Waals surface area (Å²) in [5.41, 5.74) is 0.625. The third-order valence-electron chi connectivity index (χ3n) is 5.13. The van der Waals surface area contributed by atoms with Gasteiger partial charge in [0.2, 0.25) is 0 Å². The molecule has 6 heteroatoms. The molecule has 23 heavy (non-hydrogen) atoms. The largest absolute Gasteiger partial charge is 0.467 e. The van der Waals surface area contributed by atoms with E-state index in [0.29, 0.717) is 6.54 Å². The number of carbonyl (C=O) groups is 1. The molecule has 1 spiro atoms. The van der Waals surface area contributed by atoms with Gasteiger partial charge in [0.15, 0.2) is 0 Å². The lowest BCUT2D eigenvalue weighted by Gasteiger charge is -2.36. The van der Waals surface area contributed by atoms with E-state index in [2.05, 4.69) is 26.2 Å². The maximum absolute atomic E-state index is 11.6. The number of nitrogens with zero attached hydrogens (tertiary/aromatic N) is 1. The van der Waals surface area contributed by atoms with Gasteiger partial charge >= 0.3 is 5.97 Å². The molecule has 2 aliphatic rings. The Morgan fingerprint density at radius 3 is 2.78 bits per heavy atom. The van der Waals surface area contributed by atoms with E-state index in [9.17, 15) is 4.79 Å². The maximum Gasteiger partial charge on any atom is 0.331 e. The quantitative estimate of drug-likeness (QED) is 0.640. The van der Waals surface area contributed by atoms with Gasteiger partial charge in [0, 0.05) is 30.3 Å². The highest BCUT2D eigenvalue weighted by atomic mass is 79.9. The Morgan fingerprint density at radius 1 is 1.35 bits per heavy atom. The predicted octanol–water partition coefficient (Wildman–Crippen LogP) is 2.93. The van der Waals surface area contributed by atoms with Gasteiger partial charge in [-0.05, 0) is 34.8 Å². The smallest absolute Gasteiger partial charge is 0.331 e. The van der Waals surface area contributed by atoms with Gasteiger partial charge in [-0.2, -0.15) is 0 Å². The maximum atomic E-state index is 11.6. The Morgan fingerprint density at radius 2 is 2.13 bits per heavy atom. The van der Waals surface area contributed by atoms with Gasteiger partial charge in [-0.15, -0.1) is 0 Å². The van der Waals surface area contributed by atoms with Crippen LogP contribution in [0.25, 0.3) is 0 Å². The molecule has 0 radical (unpaired) electrons. The van der Waals surface area contributed by atoms with E-state index in [1.54, 1.807) is 0 Å². The number of pyridine rings is 1. The van der Waals surface area contributed by atoms with Gasteiger partial charge in [-0.3, -0.25) is 0 Å². The molecule has 1 N–H and O–H groups in total. The third kappa shape index (κ3) is 3.59. The van der Waals surface area contributed by atoms with Crippen molar-refractivity contribution in [1.82, 2.24) is 10.3 Å². The Labute approximate surface area is 145 Å². The van der Waals surface area contributed by atoms with Crippen LogP contribution in [-0.2, 0) is 19.9 Å². The number of rotatable bonds is 4. The third-order valence-corrected chi connectivity index (χ3v) is 5.60. The lowest BCUT2D eigenvalue weighted by molar-refractivity contribution is -0.153. The molecule has 1 aliphatic carbocycles. The zero-order chi connectivity index (χ0) is 16.3. The van der Waals surface area contributed by atoms with E-state index >= 15 is 0 Å². The molecule has 1 aromatic heterocycles. The first-order chi connectivity index (χ1) is 11.1. The molecule has 3 rings (SSSR count). The molecule has 1 saturated heterocycles. The van der Waals surface area contributed by atoms with Crippen molar-refractivity contribution < 1.29 is 14.3 Å². The predicted molar refractivity (Wildman–Crippen MR) is 90.0 cm³/mol.